The number of rotatable bonds is 9. The fraction of sp³-hybridized carbons (Fsp3) is 0.250. The van der Waals surface area contributed by atoms with Crippen LogP contribution in [0.5, 0.6) is 0 Å². The zero-order valence-corrected chi connectivity index (χ0v) is 20.9. The number of carbonyl (C=O) groups is 2. The fourth-order valence-corrected chi connectivity index (χ4v) is 3.86. The summed E-state index contributed by atoms with van der Waals surface area (Å²) in [7, 11) is 0. The molecular weight excluding hydrogens is 465 g/mol. The van der Waals surface area contributed by atoms with Crippen LogP contribution in [0.15, 0.2) is 60.9 Å². The molecular formula is C28H29ClFN3O2. The van der Waals surface area contributed by atoms with Crippen molar-refractivity contribution < 1.29 is 14.0 Å². The Bertz CT molecular complexity index is 1240. The SMILES string of the molecule is C/C=C(/Cl)c1cc(CNC(=O)c2cncc(Cc3ccc(CNC(C)=O)cc3)c2)c(F)cc1CC. The highest BCUT2D eigenvalue weighted by Crippen LogP contribution is 2.26. The van der Waals surface area contributed by atoms with Gasteiger partial charge in [-0.2, -0.15) is 0 Å². The number of carbonyl (C=O) groups excluding carboxylic acids is 2. The first-order valence-electron chi connectivity index (χ1n) is 11.5. The van der Waals surface area contributed by atoms with E-state index in [-0.39, 0.29) is 24.2 Å². The van der Waals surface area contributed by atoms with E-state index >= 15 is 0 Å². The van der Waals surface area contributed by atoms with Gasteiger partial charge in [-0.1, -0.05) is 48.9 Å². The number of aromatic nitrogens is 1. The van der Waals surface area contributed by atoms with E-state index < -0.39 is 0 Å². The number of allylic oxidation sites excluding steroid dienone is 1. The number of halogens is 2. The van der Waals surface area contributed by atoms with Crippen LogP contribution in [-0.2, 0) is 30.7 Å². The molecule has 5 nitrogen and oxygen atoms in total. The maximum atomic E-state index is 14.6. The summed E-state index contributed by atoms with van der Waals surface area (Å²) < 4.78 is 14.6. The third-order valence-electron chi connectivity index (χ3n) is 5.63. The van der Waals surface area contributed by atoms with Gasteiger partial charge in [-0.05, 0) is 65.8 Å². The molecule has 1 heterocycles. The molecule has 0 aliphatic heterocycles. The molecule has 0 bridgehead atoms. The highest BCUT2D eigenvalue weighted by atomic mass is 35.5. The van der Waals surface area contributed by atoms with Gasteiger partial charge in [0.15, 0.2) is 0 Å². The second-order valence-corrected chi connectivity index (χ2v) is 8.67. The van der Waals surface area contributed by atoms with Gasteiger partial charge >= 0.3 is 0 Å². The molecule has 35 heavy (non-hydrogen) atoms. The van der Waals surface area contributed by atoms with E-state index in [0.29, 0.717) is 35.5 Å². The van der Waals surface area contributed by atoms with Gasteiger partial charge in [0, 0.05) is 43.0 Å². The summed E-state index contributed by atoms with van der Waals surface area (Å²) in [6.45, 7) is 5.78. The molecule has 2 amide bonds. The molecule has 1 aromatic heterocycles. The Labute approximate surface area is 210 Å². The fourth-order valence-electron chi connectivity index (χ4n) is 3.69. The Hall–Kier alpha value is -3.51. The van der Waals surface area contributed by atoms with Crippen molar-refractivity contribution in [3.63, 3.8) is 0 Å². The number of benzene rings is 2. The van der Waals surface area contributed by atoms with E-state index in [0.717, 1.165) is 27.8 Å². The van der Waals surface area contributed by atoms with Crippen LogP contribution in [-0.4, -0.2) is 16.8 Å². The first kappa shape index (κ1) is 26.1. The van der Waals surface area contributed by atoms with Crippen LogP contribution in [0.4, 0.5) is 4.39 Å². The summed E-state index contributed by atoms with van der Waals surface area (Å²) in [5.41, 5.74) is 5.31. The van der Waals surface area contributed by atoms with Crippen LogP contribution >= 0.6 is 11.6 Å². The number of hydrogen-bond donors (Lipinski definition) is 2. The molecule has 0 radical (unpaired) electrons. The zero-order valence-electron chi connectivity index (χ0n) is 20.1. The molecule has 0 fully saturated rings. The van der Waals surface area contributed by atoms with Crippen LogP contribution in [0.1, 0.15) is 64.5 Å². The van der Waals surface area contributed by atoms with Crippen molar-refractivity contribution in [2.24, 2.45) is 0 Å². The Morgan fingerprint density at radius 2 is 1.69 bits per heavy atom. The first-order valence-corrected chi connectivity index (χ1v) is 11.9. The molecule has 0 aliphatic carbocycles. The molecule has 7 heteroatoms. The Balaban J connectivity index is 1.67. The van der Waals surface area contributed by atoms with Crippen molar-refractivity contribution in [2.45, 2.75) is 46.7 Å². The molecule has 0 saturated heterocycles. The maximum absolute atomic E-state index is 14.6. The molecule has 182 valence electrons. The van der Waals surface area contributed by atoms with Gasteiger partial charge in [-0.15, -0.1) is 0 Å². The highest BCUT2D eigenvalue weighted by molar-refractivity contribution is 6.48. The monoisotopic (exact) mass is 493 g/mol. The van der Waals surface area contributed by atoms with Gasteiger partial charge in [0.05, 0.1) is 5.56 Å². The summed E-state index contributed by atoms with van der Waals surface area (Å²) in [6, 6.07) is 12.9. The Kier molecular flexibility index (Phi) is 9.15. The molecule has 3 rings (SSSR count). The minimum Gasteiger partial charge on any atom is -0.352 e. The van der Waals surface area contributed by atoms with E-state index in [1.807, 2.05) is 38.1 Å². The Morgan fingerprint density at radius 3 is 2.34 bits per heavy atom. The van der Waals surface area contributed by atoms with Crippen molar-refractivity contribution in [1.29, 1.82) is 0 Å². The lowest BCUT2D eigenvalue weighted by Gasteiger charge is -2.13. The van der Waals surface area contributed by atoms with E-state index in [4.69, 9.17) is 11.6 Å². The van der Waals surface area contributed by atoms with Gasteiger partial charge in [0.25, 0.3) is 5.91 Å². The van der Waals surface area contributed by atoms with Crippen LogP contribution < -0.4 is 10.6 Å². The molecule has 2 aromatic carbocycles. The number of amides is 2. The van der Waals surface area contributed by atoms with E-state index in [9.17, 15) is 14.0 Å². The lowest BCUT2D eigenvalue weighted by molar-refractivity contribution is -0.119. The third-order valence-corrected chi connectivity index (χ3v) is 6.05. The lowest BCUT2D eigenvalue weighted by Crippen LogP contribution is -2.24. The van der Waals surface area contributed by atoms with Crippen LogP contribution in [0.25, 0.3) is 5.03 Å². The standard InChI is InChI=1S/C28H29ClFN3O2/c1-4-22-13-27(30)23(12-25(22)26(29)5-2)17-33-28(35)24-11-21(14-31-16-24)10-19-6-8-20(9-7-19)15-32-18(3)34/h5-9,11-14,16H,4,10,15,17H2,1-3H3,(H,32,34)(H,33,35)/b26-5+. The van der Waals surface area contributed by atoms with Crippen molar-refractivity contribution >= 4 is 28.4 Å². The van der Waals surface area contributed by atoms with Crippen LogP contribution in [0.3, 0.4) is 0 Å². The van der Waals surface area contributed by atoms with Crippen LogP contribution in [0, 0.1) is 5.82 Å². The van der Waals surface area contributed by atoms with Crippen LogP contribution in [0.2, 0.25) is 0 Å². The zero-order chi connectivity index (χ0) is 25.4. The first-order chi connectivity index (χ1) is 16.8. The van der Waals surface area contributed by atoms with Gasteiger partial charge in [-0.3, -0.25) is 14.6 Å². The van der Waals surface area contributed by atoms with E-state index in [1.165, 1.54) is 19.2 Å². The summed E-state index contributed by atoms with van der Waals surface area (Å²) in [5.74, 6) is -0.777. The van der Waals surface area contributed by atoms with E-state index in [1.54, 1.807) is 24.4 Å². The van der Waals surface area contributed by atoms with E-state index in [2.05, 4.69) is 15.6 Å². The van der Waals surface area contributed by atoms with Crippen molar-refractivity contribution in [3.8, 4) is 0 Å². The number of hydrogen-bond acceptors (Lipinski definition) is 3. The molecule has 0 unspecified atom stereocenters. The minimum absolute atomic E-state index is 0.0372. The van der Waals surface area contributed by atoms with Crippen molar-refractivity contribution in [3.05, 3.63) is 106 Å². The predicted molar refractivity (Wildman–Crippen MR) is 137 cm³/mol. The number of nitrogens with one attached hydrogen (secondary N) is 2. The molecule has 0 spiro atoms. The molecule has 2 N–H and O–H groups in total. The number of nitrogens with zero attached hydrogens (tertiary/aromatic N) is 1. The topological polar surface area (TPSA) is 71.1 Å². The largest absolute Gasteiger partial charge is 0.352 e. The van der Waals surface area contributed by atoms with Gasteiger partial charge in [-0.25, -0.2) is 4.39 Å². The third kappa shape index (κ3) is 7.23. The summed E-state index contributed by atoms with van der Waals surface area (Å²) >= 11 is 6.30. The second kappa shape index (κ2) is 12.3. The normalized spacial score (nSPS) is 11.3. The second-order valence-electron chi connectivity index (χ2n) is 8.26. The van der Waals surface area contributed by atoms with Gasteiger partial charge < -0.3 is 10.6 Å². The molecule has 0 atom stereocenters. The quantitative estimate of drug-likeness (QED) is 0.411. The van der Waals surface area contributed by atoms with Gasteiger partial charge in [0.2, 0.25) is 5.91 Å². The smallest absolute Gasteiger partial charge is 0.253 e. The highest BCUT2D eigenvalue weighted by Gasteiger charge is 2.13. The average Bonchev–Trinajstić information content (AvgIpc) is 2.86. The van der Waals surface area contributed by atoms with Crippen molar-refractivity contribution in [1.82, 2.24) is 15.6 Å². The van der Waals surface area contributed by atoms with Crippen molar-refractivity contribution in [2.75, 3.05) is 0 Å². The predicted octanol–water partition coefficient (Wildman–Crippen LogP) is 5.54. The summed E-state index contributed by atoms with van der Waals surface area (Å²) in [4.78, 5) is 28.0. The maximum Gasteiger partial charge on any atom is 0.253 e. The molecule has 0 saturated carbocycles. The summed E-state index contributed by atoms with van der Waals surface area (Å²) in [6.07, 6.45) is 6.24. The minimum atomic E-state index is -0.375. The molecule has 0 aliphatic rings. The Morgan fingerprint density at radius 1 is 0.971 bits per heavy atom. The summed E-state index contributed by atoms with van der Waals surface area (Å²) in [5, 5.41) is 6.10. The number of aryl methyl sites for hydroxylation is 1. The number of pyridine rings is 1. The van der Waals surface area contributed by atoms with Gasteiger partial charge in [0.1, 0.15) is 5.82 Å². The lowest BCUT2D eigenvalue weighted by atomic mass is 10.0. The molecule has 3 aromatic rings. The average molecular weight is 494 g/mol.